The van der Waals surface area contributed by atoms with E-state index >= 15 is 0 Å². The van der Waals surface area contributed by atoms with Crippen molar-refractivity contribution >= 4 is 33.6 Å². The van der Waals surface area contributed by atoms with Crippen LogP contribution in [0.4, 0.5) is 10.6 Å². The molecule has 3 amide bonds. The van der Waals surface area contributed by atoms with Crippen molar-refractivity contribution in [2.45, 2.75) is 25.4 Å². The largest absolute Gasteiger partial charge is 0.468 e. The molecule has 1 unspecified atom stereocenters. The zero-order valence-corrected chi connectivity index (χ0v) is 16.0. The molecule has 2 N–H and O–H groups in total. The van der Waals surface area contributed by atoms with Crippen LogP contribution in [0.2, 0.25) is 0 Å². The smallest absolute Gasteiger partial charge is 0.325 e. The molecule has 0 saturated carbocycles. The number of carbonyl (C=O) groups excluding carboxylic acids is 3. The van der Waals surface area contributed by atoms with Crippen molar-refractivity contribution in [1.82, 2.24) is 20.0 Å². The molecule has 1 aromatic heterocycles. The molecule has 150 valence electrons. The van der Waals surface area contributed by atoms with E-state index in [1.165, 1.54) is 16.7 Å². The average Bonchev–Trinajstić information content (AvgIpc) is 3.26. The fourth-order valence-corrected chi connectivity index (χ4v) is 3.14. The first kappa shape index (κ1) is 20.7. The maximum absolute atomic E-state index is 12.4. The van der Waals surface area contributed by atoms with Gasteiger partial charge in [0, 0.05) is 25.1 Å². The minimum atomic E-state index is -3.11. The second-order valence-corrected chi connectivity index (χ2v) is 8.43. The molecule has 0 bridgehead atoms. The van der Waals surface area contributed by atoms with E-state index in [-0.39, 0.29) is 24.7 Å². The lowest BCUT2D eigenvalue weighted by molar-refractivity contribution is -0.141. The quantitative estimate of drug-likeness (QED) is 0.571. The number of urea groups is 1. The van der Waals surface area contributed by atoms with Crippen LogP contribution in [-0.2, 0) is 30.7 Å². The number of methoxy groups -OCH3 is 1. The molecule has 1 saturated heterocycles. The number of anilines is 1. The lowest BCUT2D eigenvalue weighted by Gasteiger charge is -2.23. The first-order chi connectivity index (χ1) is 12.7. The van der Waals surface area contributed by atoms with Gasteiger partial charge in [0.25, 0.3) is 0 Å². The van der Waals surface area contributed by atoms with Crippen LogP contribution < -0.4 is 10.6 Å². The van der Waals surface area contributed by atoms with Crippen LogP contribution in [-0.4, -0.2) is 79.3 Å². The van der Waals surface area contributed by atoms with Crippen LogP contribution in [0.5, 0.6) is 0 Å². The van der Waals surface area contributed by atoms with Gasteiger partial charge in [0.2, 0.25) is 5.91 Å². The monoisotopic (exact) mass is 401 g/mol. The minimum absolute atomic E-state index is 0.0589. The van der Waals surface area contributed by atoms with Crippen molar-refractivity contribution in [3.63, 3.8) is 0 Å². The number of hydrogen-bond donors (Lipinski definition) is 2. The van der Waals surface area contributed by atoms with Crippen LogP contribution in [0, 0.1) is 0 Å². The number of nitrogens with one attached hydrogen (secondary N) is 2. The number of esters is 1. The normalized spacial score (nSPS) is 16.8. The Morgan fingerprint density at radius 2 is 2.11 bits per heavy atom. The number of ether oxygens (including phenoxy) is 1. The molecule has 27 heavy (non-hydrogen) atoms. The highest BCUT2D eigenvalue weighted by Gasteiger charge is 2.34. The number of carbonyl (C=O) groups is 3. The highest BCUT2D eigenvalue weighted by atomic mass is 32.2. The van der Waals surface area contributed by atoms with Crippen LogP contribution in [0.3, 0.4) is 0 Å². The summed E-state index contributed by atoms with van der Waals surface area (Å²) < 4.78 is 28.3. The molecule has 1 aliphatic rings. The Hall–Kier alpha value is -2.63. The number of likely N-dealkylation sites (tertiary alicyclic amines) is 1. The molecule has 1 aromatic rings. The molecule has 0 spiro atoms. The third-order valence-electron chi connectivity index (χ3n) is 4.02. The predicted octanol–water partition coefficient (Wildman–Crippen LogP) is -0.787. The molecule has 0 aliphatic carbocycles. The zero-order chi connectivity index (χ0) is 20.0. The van der Waals surface area contributed by atoms with Gasteiger partial charge in [-0.25, -0.2) is 13.2 Å². The first-order valence-corrected chi connectivity index (χ1v) is 10.4. The number of aryl methyl sites for hydroxylation is 1. The highest BCUT2D eigenvalue weighted by Crippen LogP contribution is 2.18. The van der Waals surface area contributed by atoms with Gasteiger partial charge in [-0.15, -0.1) is 0 Å². The summed E-state index contributed by atoms with van der Waals surface area (Å²) in [7, 11) is -1.89. The predicted molar refractivity (Wildman–Crippen MR) is 95.7 cm³/mol. The lowest BCUT2D eigenvalue weighted by Crippen LogP contribution is -2.48. The second kappa shape index (κ2) is 8.84. The fraction of sp³-hybridized carbons (Fsp3) is 0.600. The number of amides is 3. The maximum Gasteiger partial charge on any atom is 0.325 e. The summed E-state index contributed by atoms with van der Waals surface area (Å²) in [5, 5.41) is 9.14. The van der Waals surface area contributed by atoms with Gasteiger partial charge in [-0.1, -0.05) is 0 Å². The molecule has 2 heterocycles. The Morgan fingerprint density at radius 3 is 2.78 bits per heavy atom. The average molecular weight is 401 g/mol. The Balaban J connectivity index is 1.91. The number of nitrogens with zero attached hydrogens (tertiary/aromatic N) is 3. The third-order valence-corrected chi connectivity index (χ3v) is 4.94. The molecule has 12 heteroatoms. The molecule has 2 rings (SSSR count). The number of aromatic nitrogens is 2. The molecule has 1 aliphatic heterocycles. The van der Waals surface area contributed by atoms with Crippen LogP contribution >= 0.6 is 0 Å². The van der Waals surface area contributed by atoms with Gasteiger partial charge in [-0.05, 0) is 12.8 Å². The van der Waals surface area contributed by atoms with Crippen molar-refractivity contribution in [2.75, 3.05) is 37.5 Å². The number of rotatable bonds is 7. The van der Waals surface area contributed by atoms with E-state index in [1.807, 2.05) is 0 Å². The van der Waals surface area contributed by atoms with E-state index in [4.69, 9.17) is 0 Å². The van der Waals surface area contributed by atoms with Crippen molar-refractivity contribution < 1.29 is 27.5 Å². The van der Waals surface area contributed by atoms with E-state index in [0.717, 1.165) is 6.26 Å². The van der Waals surface area contributed by atoms with Crippen LogP contribution in [0.25, 0.3) is 0 Å². The van der Waals surface area contributed by atoms with Crippen LogP contribution in [0.15, 0.2) is 12.3 Å². The molecule has 11 nitrogen and oxygen atoms in total. The Kier molecular flexibility index (Phi) is 6.77. The fourth-order valence-electron chi connectivity index (χ4n) is 2.63. The number of hydrogen-bond acceptors (Lipinski definition) is 7. The minimum Gasteiger partial charge on any atom is -0.468 e. The highest BCUT2D eigenvalue weighted by molar-refractivity contribution is 7.90. The van der Waals surface area contributed by atoms with E-state index in [2.05, 4.69) is 20.5 Å². The van der Waals surface area contributed by atoms with Crippen molar-refractivity contribution in [1.29, 1.82) is 0 Å². The Morgan fingerprint density at radius 1 is 1.37 bits per heavy atom. The summed E-state index contributed by atoms with van der Waals surface area (Å²) in [5.74, 6) is -0.797. The number of sulfone groups is 1. The maximum atomic E-state index is 12.4. The molecule has 0 radical (unpaired) electrons. The standard InChI is InChI=1S/C15H23N5O6S/c1-26-13(21)10-16-14(22)11-4-3-6-20(11)15(23)17-12-5-7-19(18-12)8-9-27(2,24)25/h5,7,11H,3-4,6,8-10H2,1-2H3,(H,16,22)(H,17,18,23). The summed E-state index contributed by atoms with van der Waals surface area (Å²) in [4.78, 5) is 37.2. The molecule has 1 fully saturated rings. The van der Waals surface area contributed by atoms with Gasteiger partial charge >= 0.3 is 12.0 Å². The van der Waals surface area contributed by atoms with E-state index < -0.39 is 33.8 Å². The summed E-state index contributed by atoms with van der Waals surface area (Å²) in [6.45, 7) is 0.319. The molecular weight excluding hydrogens is 378 g/mol. The summed E-state index contributed by atoms with van der Waals surface area (Å²) in [6, 6.07) is 0.379. The zero-order valence-electron chi connectivity index (χ0n) is 15.2. The van der Waals surface area contributed by atoms with Gasteiger partial charge < -0.3 is 15.0 Å². The van der Waals surface area contributed by atoms with E-state index in [0.29, 0.717) is 19.4 Å². The topological polar surface area (TPSA) is 140 Å². The SMILES string of the molecule is COC(=O)CNC(=O)C1CCCN1C(=O)Nc1ccn(CCS(C)(=O)=O)n1. The van der Waals surface area contributed by atoms with E-state index in [1.54, 1.807) is 12.3 Å². The van der Waals surface area contributed by atoms with Gasteiger partial charge in [0.15, 0.2) is 5.82 Å². The third kappa shape index (κ3) is 6.24. The van der Waals surface area contributed by atoms with Gasteiger partial charge in [-0.3, -0.25) is 19.6 Å². The Labute approximate surface area is 156 Å². The van der Waals surface area contributed by atoms with Gasteiger partial charge in [-0.2, -0.15) is 5.10 Å². The van der Waals surface area contributed by atoms with Crippen molar-refractivity contribution in [3.8, 4) is 0 Å². The van der Waals surface area contributed by atoms with Gasteiger partial charge in [0.05, 0.1) is 19.4 Å². The van der Waals surface area contributed by atoms with Crippen LogP contribution in [0.1, 0.15) is 12.8 Å². The van der Waals surface area contributed by atoms with Gasteiger partial charge in [0.1, 0.15) is 22.4 Å². The molecule has 0 aromatic carbocycles. The second-order valence-electron chi connectivity index (χ2n) is 6.17. The summed E-state index contributed by atoms with van der Waals surface area (Å²) >= 11 is 0. The molecular formula is C15H23N5O6S. The van der Waals surface area contributed by atoms with Crippen molar-refractivity contribution in [2.24, 2.45) is 0 Å². The van der Waals surface area contributed by atoms with Crippen molar-refractivity contribution in [3.05, 3.63) is 12.3 Å². The Bertz CT molecular complexity index is 805. The van der Waals surface area contributed by atoms with E-state index in [9.17, 15) is 22.8 Å². The summed E-state index contributed by atoms with van der Waals surface area (Å²) in [5.41, 5.74) is 0. The molecule has 1 atom stereocenters. The first-order valence-electron chi connectivity index (χ1n) is 8.33. The summed E-state index contributed by atoms with van der Waals surface area (Å²) in [6.07, 6.45) is 3.85. The lowest BCUT2D eigenvalue weighted by atomic mass is 10.2.